The Balaban J connectivity index is 2.12. The molecule has 0 unspecified atom stereocenters. The molecule has 0 radical (unpaired) electrons. The lowest BCUT2D eigenvalue weighted by atomic mass is 10.1. The number of hydrogen-bond acceptors (Lipinski definition) is 4. The molecule has 1 aromatic rings. The fourth-order valence-corrected chi connectivity index (χ4v) is 4.26. The normalized spacial score (nSPS) is 22.6. The van der Waals surface area contributed by atoms with Crippen molar-refractivity contribution in [3.8, 4) is 0 Å². The molecule has 0 bridgehead atoms. The van der Waals surface area contributed by atoms with E-state index in [0.29, 0.717) is 17.9 Å². The van der Waals surface area contributed by atoms with Crippen LogP contribution in [-0.4, -0.2) is 53.9 Å². The molecule has 1 aliphatic rings. The Morgan fingerprint density at radius 3 is 2.62 bits per heavy atom. The molecule has 1 amide bonds. The van der Waals surface area contributed by atoms with Gasteiger partial charge in [0.15, 0.2) is 0 Å². The number of likely N-dealkylation sites (N-methyl/N-ethyl adjacent to an activating group) is 1. The maximum Gasteiger partial charge on any atom is 0.265 e. The molecule has 0 aromatic carbocycles. The predicted molar refractivity (Wildman–Crippen MR) is 87.9 cm³/mol. The standard InChI is InChI=1S/C16H27N3OS/c1-10(2)7-14-17-12(4)15(21-14)16(20)19-8-11(3)13(9-19)18(5)6/h10-11,13H,7-9H2,1-6H3/t11-,13+/m1/s1. The van der Waals surface area contributed by atoms with Crippen LogP contribution < -0.4 is 0 Å². The number of rotatable bonds is 4. The molecule has 1 fully saturated rings. The minimum absolute atomic E-state index is 0.163. The van der Waals surface area contributed by atoms with Crippen LogP contribution in [0.15, 0.2) is 0 Å². The summed E-state index contributed by atoms with van der Waals surface area (Å²) in [4.78, 5) is 22.4. The summed E-state index contributed by atoms with van der Waals surface area (Å²) in [5, 5.41) is 1.09. The van der Waals surface area contributed by atoms with Crippen molar-refractivity contribution in [1.29, 1.82) is 0 Å². The van der Waals surface area contributed by atoms with Gasteiger partial charge < -0.3 is 9.80 Å². The highest BCUT2D eigenvalue weighted by molar-refractivity contribution is 7.13. The van der Waals surface area contributed by atoms with E-state index >= 15 is 0 Å². The van der Waals surface area contributed by atoms with Crippen LogP contribution in [-0.2, 0) is 6.42 Å². The van der Waals surface area contributed by atoms with Gasteiger partial charge in [-0.3, -0.25) is 4.79 Å². The number of carbonyl (C=O) groups is 1. The molecular weight excluding hydrogens is 282 g/mol. The molecule has 2 heterocycles. The summed E-state index contributed by atoms with van der Waals surface area (Å²) in [6, 6.07) is 0.456. The molecule has 5 heteroatoms. The van der Waals surface area contributed by atoms with Gasteiger partial charge in [0, 0.05) is 25.6 Å². The van der Waals surface area contributed by atoms with Gasteiger partial charge in [-0.15, -0.1) is 11.3 Å². The summed E-state index contributed by atoms with van der Waals surface area (Å²) >= 11 is 1.58. The van der Waals surface area contributed by atoms with Crippen LogP contribution in [0, 0.1) is 18.8 Å². The fraction of sp³-hybridized carbons (Fsp3) is 0.750. The zero-order valence-electron chi connectivity index (χ0n) is 14.0. The number of likely N-dealkylation sites (tertiary alicyclic amines) is 1. The van der Waals surface area contributed by atoms with Gasteiger partial charge in [-0.2, -0.15) is 0 Å². The van der Waals surface area contributed by atoms with Crippen molar-refractivity contribution >= 4 is 17.2 Å². The average Bonchev–Trinajstić information content (AvgIpc) is 2.91. The Morgan fingerprint density at radius 2 is 2.10 bits per heavy atom. The summed E-state index contributed by atoms with van der Waals surface area (Å²) in [6.07, 6.45) is 0.954. The van der Waals surface area contributed by atoms with Gasteiger partial charge in [-0.05, 0) is 32.9 Å². The summed E-state index contributed by atoms with van der Waals surface area (Å²) in [6.45, 7) is 10.2. The third-order valence-corrected chi connectivity index (χ3v) is 5.31. The van der Waals surface area contributed by atoms with Crippen molar-refractivity contribution in [2.75, 3.05) is 27.2 Å². The number of carbonyl (C=O) groups excluding carboxylic acids is 1. The zero-order chi connectivity index (χ0) is 15.7. The molecule has 1 aromatic heterocycles. The Kier molecular flexibility index (Phi) is 5.04. The number of thiazole rings is 1. The first-order valence-electron chi connectivity index (χ1n) is 7.71. The Morgan fingerprint density at radius 1 is 1.43 bits per heavy atom. The van der Waals surface area contributed by atoms with Crippen molar-refractivity contribution in [1.82, 2.24) is 14.8 Å². The lowest BCUT2D eigenvalue weighted by Gasteiger charge is -2.22. The second-order valence-electron chi connectivity index (χ2n) is 6.84. The van der Waals surface area contributed by atoms with Crippen LogP contribution in [0.25, 0.3) is 0 Å². The van der Waals surface area contributed by atoms with Gasteiger partial charge in [0.25, 0.3) is 5.91 Å². The third kappa shape index (κ3) is 3.64. The third-order valence-electron chi connectivity index (χ3n) is 4.14. The van der Waals surface area contributed by atoms with E-state index in [1.807, 2.05) is 11.8 Å². The second-order valence-corrected chi connectivity index (χ2v) is 7.92. The van der Waals surface area contributed by atoms with Crippen molar-refractivity contribution < 1.29 is 4.79 Å². The van der Waals surface area contributed by atoms with E-state index in [0.717, 1.165) is 35.1 Å². The average molecular weight is 309 g/mol. The molecule has 0 saturated carbocycles. The van der Waals surface area contributed by atoms with E-state index < -0.39 is 0 Å². The molecular formula is C16H27N3OS. The highest BCUT2D eigenvalue weighted by Crippen LogP contribution is 2.26. The first kappa shape index (κ1) is 16.4. The first-order valence-corrected chi connectivity index (χ1v) is 8.53. The van der Waals surface area contributed by atoms with Gasteiger partial charge in [-0.25, -0.2) is 4.98 Å². The molecule has 118 valence electrons. The molecule has 1 aliphatic heterocycles. The van der Waals surface area contributed by atoms with Gasteiger partial charge in [0.1, 0.15) is 4.88 Å². The second kappa shape index (κ2) is 6.44. The topological polar surface area (TPSA) is 36.4 Å². The monoisotopic (exact) mass is 309 g/mol. The van der Waals surface area contributed by atoms with Crippen molar-refractivity contribution in [2.45, 2.75) is 40.2 Å². The summed E-state index contributed by atoms with van der Waals surface area (Å²) in [7, 11) is 4.18. The van der Waals surface area contributed by atoms with Gasteiger partial charge in [0.2, 0.25) is 0 Å². The Bertz CT molecular complexity index is 510. The summed E-state index contributed by atoms with van der Waals surface area (Å²) in [5.41, 5.74) is 0.890. The SMILES string of the molecule is Cc1nc(CC(C)C)sc1C(=O)N1C[C@@H](C)[C@@H](N(C)C)C1. The lowest BCUT2D eigenvalue weighted by molar-refractivity contribution is 0.0785. The van der Waals surface area contributed by atoms with E-state index in [1.165, 1.54) is 0 Å². The lowest BCUT2D eigenvalue weighted by Crippen LogP contribution is -2.35. The van der Waals surface area contributed by atoms with Crippen LogP contribution in [0.4, 0.5) is 0 Å². The Hall–Kier alpha value is -0.940. The van der Waals surface area contributed by atoms with Gasteiger partial charge in [0.05, 0.1) is 10.7 Å². The first-order chi connectivity index (χ1) is 9.79. The number of aryl methyl sites for hydroxylation is 1. The van der Waals surface area contributed by atoms with Crippen LogP contribution in [0.1, 0.15) is 41.1 Å². The number of amides is 1. The number of nitrogens with zero attached hydrogens (tertiary/aromatic N) is 3. The summed E-state index contributed by atoms with van der Waals surface area (Å²) < 4.78 is 0. The highest BCUT2D eigenvalue weighted by atomic mass is 32.1. The largest absolute Gasteiger partial charge is 0.336 e. The summed E-state index contributed by atoms with van der Waals surface area (Å²) in [5.74, 6) is 1.26. The molecule has 4 nitrogen and oxygen atoms in total. The quantitative estimate of drug-likeness (QED) is 0.858. The maximum atomic E-state index is 12.8. The van der Waals surface area contributed by atoms with Gasteiger partial charge >= 0.3 is 0 Å². The van der Waals surface area contributed by atoms with E-state index in [1.54, 1.807) is 11.3 Å². The molecule has 0 spiro atoms. The van der Waals surface area contributed by atoms with E-state index in [2.05, 4.69) is 44.8 Å². The van der Waals surface area contributed by atoms with E-state index in [-0.39, 0.29) is 5.91 Å². The molecule has 2 rings (SSSR count). The highest BCUT2D eigenvalue weighted by Gasteiger charge is 2.35. The van der Waals surface area contributed by atoms with Crippen molar-refractivity contribution in [3.63, 3.8) is 0 Å². The predicted octanol–water partition coefficient (Wildman–Crippen LogP) is 2.67. The molecule has 21 heavy (non-hydrogen) atoms. The minimum Gasteiger partial charge on any atom is -0.336 e. The van der Waals surface area contributed by atoms with Crippen LogP contribution in [0.3, 0.4) is 0 Å². The number of aromatic nitrogens is 1. The minimum atomic E-state index is 0.163. The maximum absolute atomic E-state index is 12.8. The molecule has 0 aliphatic carbocycles. The zero-order valence-corrected chi connectivity index (χ0v) is 14.8. The number of hydrogen-bond donors (Lipinski definition) is 0. The van der Waals surface area contributed by atoms with Crippen LogP contribution >= 0.6 is 11.3 Å². The smallest absolute Gasteiger partial charge is 0.265 e. The van der Waals surface area contributed by atoms with E-state index in [9.17, 15) is 4.79 Å². The Labute approximate surface area is 132 Å². The van der Waals surface area contributed by atoms with Crippen LogP contribution in [0.5, 0.6) is 0 Å². The fourth-order valence-electron chi connectivity index (χ4n) is 3.02. The van der Waals surface area contributed by atoms with Crippen molar-refractivity contribution in [2.24, 2.45) is 11.8 Å². The van der Waals surface area contributed by atoms with E-state index in [4.69, 9.17) is 0 Å². The molecule has 1 saturated heterocycles. The van der Waals surface area contributed by atoms with Crippen molar-refractivity contribution in [3.05, 3.63) is 15.6 Å². The molecule has 2 atom stereocenters. The van der Waals surface area contributed by atoms with Crippen LogP contribution in [0.2, 0.25) is 0 Å². The van der Waals surface area contributed by atoms with Gasteiger partial charge in [-0.1, -0.05) is 20.8 Å². The molecule has 0 N–H and O–H groups in total.